The van der Waals surface area contributed by atoms with Crippen LogP contribution in [0.2, 0.25) is 15.1 Å². The number of benzene rings is 2. The molecule has 0 spiro atoms. The molecule has 4 nitrogen and oxygen atoms in total. The Hall–Kier alpha value is -1.30. The van der Waals surface area contributed by atoms with E-state index >= 15 is 0 Å². The van der Waals surface area contributed by atoms with Gasteiger partial charge in [-0.05, 0) is 29.8 Å². The fourth-order valence-corrected chi connectivity index (χ4v) is 3.56. The third-order valence-electron chi connectivity index (χ3n) is 4.39. The number of carbonyl (C=O) groups excluding carboxylic acids is 1. The molecule has 3 rings (SSSR count). The van der Waals surface area contributed by atoms with E-state index in [0.29, 0.717) is 40.4 Å². The molecule has 1 heterocycles. The van der Waals surface area contributed by atoms with Crippen LogP contribution in [0.1, 0.15) is 22.0 Å². The molecule has 138 valence electrons. The number of nitrogens with zero attached hydrogens (tertiary/aromatic N) is 1. The summed E-state index contributed by atoms with van der Waals surface area (Å²) in [5.74, 6) is -0.200. The number of morpholine rings is 1. The standard InChI is InChI=1S/C19H19Cl3N2O2/c20-15-4-2-1-3-14(15)18(24-7-9-26-10-8-24)12-23-19(25)13-5-6-16(21)17(22)11-13/h1-6,11,18H,7-10,12H2,(H,23,25). The Balaban J connectivity index is 1.76. The minimum atomic E-state index is -0.200. The second kappa shape index (κ2) is 9.07. The highest BCUT2D eigenvalue weighted by molar-refractivity contribution is 6.42. The van der Waals surface area contributed by atoms with E-state index in [1.165, 1.54) is 0 Å². The summed E-state index contributed by atoms with van der Waals surface area (Å²) in [6.07, 6.45) is 0. The summed E-state index contributed by atoms with van der Waals surface area (Å²) < 4.78 is 5.45. The van der Waals surface area contributed by atoms with Gasteiger partial charge in [0.1, 0.15) is 0 Å². The predicted octanol–water partition coefficient (Wildman–Crippen LogP) is 4.45. The van der Waals surface area contributed by atoms with Crippen molar-refractivity contribution < 1.29 is 9.53 Å². The van der Waals surface area contributed by atoms with Crippen LogP contribution in [0.25, 0.3) is 0 Å². The first-order valence-electron chi connectivity index (χ1n) is 8.35. The van der Waals surface area contributed by atoms with Crippen molar-refractivity contribution in [2.75, 3.05) is 32.8 Å². The Bertz CT molecular complexity index is 779. The molecule has 2 aromatic carbocycles. The van der Waals surface area contributed by atoms with Gasteiger partial charge in [-0.15, -0.1) is 0 Å². The van der Waals surface area contributed by atoms with Gasteiger partial charge < -0.3 is 10.1 Å². The van der Waals surface area contributed by atoms with Crippen LogP contribution in [0.5, 0.6) is 0 Å². The van der Waals surface area contributed by atoms with E-state index in [1.807, 2.05) is 24.3 Å². The molecule has 1 amide bonds. The fourth-order valence-electron chi connectivity index (χ4n) is 3.00. The lowest BCUT2D eigenvalue weighted by atomic mass is 10.0. The molecule has 1 aliphatic rings. The maximum atomic E-state index is 12.5. The summed E-state index contributed by atoms with van der Waals surface area (Å²) in [6, 6.07) is 12.5. The van der Waals surface area contributed by atoms with Gasteiger partial charge in [0, 0.05) is 30.2 Å². The topological polar surface area (TPSA) is 41.6 Å². The Kier molecular flexibility index (Phi) is 6.79. The molecule has 1 saturated heterocycles. The highest BCUT2D eigenvalue weighted by Gasteiger charge is 2.25. The number of ether oxygens (including phenoxy) is 1. The van der Waals surface area contributed by atoms with Crippen molar-refractivity contribution in [3.8, 4) is 0 Å². The molecule has 0 aromatic heterocycles. The second-order valence-corrected chi connectivity index (χ2v) is 7.25. The lowest BCUT2D eigenvalue weighted by Crippen LogP contribution is -2.44. The third-order valence-corrected chi connectivity index (χ3v) is 5.47. The van der Waals surface area contributed by atoms with E-state index in [4.69, 9.17) is 39.5 Å². The highest BCUT2D eigenvalue weighted by Crippen LogP contribution is 2.28. The molecule has 2 aromatic rings. The van der Waals surface area contributed by atoms with Gasteiger partial charge in [0.05, 0.1) is 29.3 Å². The minimum absolute atomic E-state index is 0.0284. The predicted molar refractivity (Wildman–Crippen MR) is 105 cm³/mol. The van der Waals surface area contributed by atoms with Crippen LogP contribution in [-0.2, 0) is 4.74 Å². The Morgan fingerprint density at radius 3 is 2.46 bits per heavy atom. The zero-order chi connectivity index (χ0) is 18.5. The van der Waals surface area contributed by atoms with Gasteiger partial charge in [-0.3, -0.25) is 9.69 Å². The molecule has 0 bridgehead atoms. The van der Waals surface area contributed by atoms with E-state index in [1.54, 1.807) is 18.2 Å². The molecule has 1 unspecified atom stereocenters. The van der Waals surface area contributed by atoms with E-state index in [-0.39, 0.29) is 11.9 Å². The van der Waals surface area contributed by atoms with E-state index in [9.17, 15) is 4.79 Å². The van der Waals surface area contributed by atoms with Gasteiger partial charge in [-0.25, -0.2) is 0 Å². The largest absolute Gasteiger partial charge is 0.379 e. The molecular weight excluding hydrogens is 395 g/mol. The third kappa shape index (κ3) is 4.70. The number of amides is 1. The van der Waals surface area contributed by atoms with Gasteiger partial charge in [-0.2, -0.15) is 0 Å². The Labute approximate surface area is 168 Å². The van der Waals surface area contributed by atoms with Gasteiger partial charge in [0.2, 0.25) is 0 Å². The second-order valence-electron chi connectivity index (χ2n) is 6.02. The van der Waals surface area contributed by atoms with Gasteiger partial charge in [0.15, 0.2) is 0 Å². The number of carbonyl (C=O) groups is 1. The number of hydrogen-bond acceptors (Lipinski definition) is 3. The minimum Gasteiger partial charge on any atom is -0.379 e. The van der Waals surface area contributed by atoms with Crippen LogP contribution >= 0.6 is 34.8 Å². The lowest BCUT2D eigenvalue weighted by Gasteiger charge is -2.35. The lowest BCUT2D eigenvalue weighted by molar-refractivity contribution is 0.0162. The zero-order valence-corrected chi connectivity index (χ0v) is 16.3. The van der Waals surface area contributed by atoms with Crippen molar-refractivity contribution in [1.82, 2.24) is 10.2 Å². The fraction of sp³-hybridized carbons (Fsp3) is 0.316. The first-order valence-corrected chi connectivity index (χ1v) is 9.49. The first kappa shape index (κ1) is 19.5. The molecule has 0 saturated carbocycles. The average molecular weight is 414 g/mol. The van der Waals surface area contributed by atoms with Crippen molar-refractivity contribution in [3.63, 3.8) is 0 Å². The quantitative estimate of drug-likeness (QED) is 0.787. The van der Waals surface area contributed by atoms with Crippen molar-refractivity contribution in [3.05, 3.63) is 68.7 Å². The van der Waals surface area contributed by atoms with Crippen molar-refractivity contribution in [1.29, 1.82) is 0 Å². The van der Waals surface area contributed by atoms with E-state index in [2.05, 4.69) is 10.2 Å². The first-order chi connectivity index (χ1) is 12.6. The summed E-state index contributed by atoms with van der Waals surface area (Å²) in [7, 11) is 0. The molecule has 26 heavy (non-hydrogen) atoms. The summed E-state index contributed by atoms with van der Waals surface area (Å²) in [5.41, 5.74) is 1.46. The molecule has 1 N–H and O–H groups in total. The molecule has 0 radical (unpaired) electrons. The van der Waals surface area contributed by atoms with Crippen molar-refractivity contribution in [2.45, 2.75) is 6.04 Å². The van der Waals surface area contributed by atoms with Crippen LogP contribution < -0.4 is 5.32 Å². The number of hydrogen-bond donors (Lipinski definition) is 1. The molecular formula is C19H19Cl3N2O2. The van der Waals surface area contributed by atoms with Crippen LogP contribution in [0, 0.1) is 0 Å². The Morgan fingerprint density at radius 2 is 1.77 bits per heavy atom. The number of halogens is 3. The molecule has 1 atom stereocenters. The molecule has 7 heteroatoms. The van der Waals surface area contributed by atoms with E-state index < -0.39 is 0 Å². The zero-order valence-electron chi connectivity index (χ0n) is 14.1. The molecule has 0 aliphatic carbocycles. The van der Waals surface area contributed by atoms with Crippen molar-refractivity contribution >= 4 is 40.7 Å². The molecule has 1 aliphatic heterocycles. The summed E-state index contributed by atoms with van der Waals surface area (Å²) >= 11 is 18.3. The summed E-state index contributed by atoms with van der Waals surface area (Å²) in [5, 5.41) is 4.45. The van der Waals surface area contributed by atoms with Gasteiger partial charge >= 0.3 is 0 Å². The van der Waals surface area contributed by atoms with E-state index in [0.717, 1.165) is 18.7 Å². The Morgan fingerprint density at radius 1 is 1.04 bits per heavy atom. The summed E-state index contributed by atoms with van der Waals surface area (Å²) in [4.78, 5) is 14.8. The maximum Gasteiger partial charge on any atom is 0.251 e. The number of nitrogens with one attached hydrogen (secondary N) is 1. The normalized spacial score (nSPS) is 16.3. The average Bonchev–Trinajstić information content (AvgIpc) is 2.66. The van der Waals surface area contributed by atoms with Crippen molar-refractivity contribution in [2.24, 2.45) is 0 Å². The summed E-state index contributed by atoms with van der Waals surface area (Å²) in [6.45, 7) is 3.35. The van der Waals surface area contributed by atoms with Gasteiger partial charge in [0.25, 0.3) is 5.91 Å². The van der Waals surface area contributed by atoms with Gasteiger partial charge in [-0.1, -0.05) is 53.0 Å². The van der Waals surface area contributed by atoms with Crippen LogP contribution in [-0.4, -0.2) is 43.7 Å². The highest BCUT2D eigenvalue weighted by atomic mass is 35.5. The SMILES string of the molecule is O=C(NCC(c1ccccc1Cl)N1CCOCC1)c1ccc(Cl)c(Cl)c1. The maximum absolute atomic E-state index is 12.5. The van der Waals surface area contributed by atoms with Crippen LogP contribution in [0.15, 0.2) is 42.5 Å². The van der Waals surface area contributed by atoms with Crippen LogP contribution in [0.3, 0.4) is 0 Å². The van der Waals surface area contributed by atoms with Crippen LogP contribution in [0.4, 0.5) is 0 Å². The monoisotopic (exact) mass is 412 g/mol. The smallest absolute Gasteiger partial charge is 0.251 e. The molecule has 1 fully saturated rings. The number of rotatable bonds is 5.